The van der Waals surface area contributed by atoms with E-state index in [1.165, 1.54) is 11.3 Å². The number of anilines is 2. The maximum atomic E-state index is 12.3. The molecule has 1 aromatic rings. The minimum Gasteiger partial charge on any atom is -0.462 e. The lowest BCUT2D eigenvalue weighted by molar-refractivity contribution is -0.119. The molecule has 0 saturated carbocycles. The molecule has 1 aliphatic rings. The van der Waals surface area contributed by atoms with Gasteiger partial charge in [-0.3, -0.25) is 15.1 Å². The number of ether oxygens (including phenoxy) is 1. The summed E-state index contributed by atoms with van der Waals surface area (Å²) < 4.78 is 5.11. The number of thiophene rings is 1. The standard InChI is InChI=1S/C16H23N5O4S/c1-4-17-11(22)9-18-16(24)20-13-12(15(23)25-5-2)10(3)14(26-13)21-8-6-7-19-21/h6,8,19H,4-5,7,9H2,1-3H3,(H,17,22)(H2,18,20,24). The number of nitrogens with zero attached hydrogens (tertiary/aromatic N) is 1. The molecule has 1 aliphatic heterocycles. The number of urea groups is 1. The summed E-state index contributed by atoms with van der Waals surface area (Å²) in [5, 5.41) is 10.6. The maximum absolute atomic E-state index is 12.3. The molecule has 142 valence electrons. The summed E-state index contributed by atoms with van der Waals surface area (Å²) in [5.74, 6) is -0.794. The Hall–Kier alpha value is -2.59. The van der Waals surface area contributed by atoms with Crippen LogP contribution in [0.3, 0.4) is 0 Å². The molecule has 0 radical (unpaired) electrons. The van der Waals surface area contributed by atoms with E-state index in [1.54, 1.807) is 25.8 Å². The zero-order chi connectivity index (χ0) is 19.1. The molecule has 0 atom stereocenters. The van der Waals surface area contributed by atoms with E-state index < -0.39 is 12.0 Å². The highest BCUT2D eigenvalue weighted by Crippen LogP contribution is 2.40. The van der Waals surface area contributed by atoms with Crippen molar-refractivity contribution in [3.8, 4) is 0 Å². The number of esters is 1. The van der Waals surface area contributed by atoms with Crippen LogP contribution < -0.4 is 26.4 Å². The fourth-order valence-corrected chi connectivity index (χ4v) is 3.49. The maximum Gasteiger partial charge on any atom is 0.341 e. The summed E-state index contributed by atoms with van der Waals surface area (Å²) in [6.07, 6.45) is 3.79. The van der Waals surface area contributed by atoms with Gasteiger partial charge < -0.3 is 15.4 Å². The molecular formula is C16H23N5O4S. The largest absolute Gasteiger partial charge is 0.462 e. The number of rotatable bonds is 7. The lowest BCUT2D eigenvalue weighted by Gasteiger charge is -2.14. The van der Waals surface area contributed by atoms with Crippen LogP contribution in [0.2, 0.25) is 0 Å². The van der Waals surface area contributed by atoms with Gasteiger partial charge in [-0.15, -0.1) is 0 Å². The monoisotopic (exact) mass is 381 g/mol. The molecule has 0 bridgehead atoms. The molecule has 0 fully saturated rings. The highest BCUT2D eigenvalue weighted by molar-refractivity contribution is 7.20. The number of amides is 3. The first kappa shape index (κ1) is 19.7. The molecule has 9 nitrogen and oxygen atoms in total. The number of nitrogens with one attached hydrogen (secondary N) is 4. The van der Waals surface area contributed by atoms with Gasteiger partial charge in [0.25, 0.3) is 0 Å². The summed E-state index contributed by atoms with van der Waals surface area (Å²) >= 11 is 1.25. The first-order chi connectivity index (χ1) is 12.5. The number of hydrogen-bond donors (Lipinski definition) is 4. The Kier molecular flexibility index (Phi) is 6.98. The average Bonchev–Trinajstić information content (AvgIpc) is 3.21. The van der Waals surface area contributed by atoms with E-state index in [2.05, 4.69) is 21.4 Å². The van der Waals surface area contributed by atoms with Crippen molar-refractivity contribution >= 4 is 39.2 Å². The average molecular weight is 381 g/mol. The third-order valence-corrected chi connectivity index (χ3v) is 4.67. The second kappa shape index (κ2) is 9.20. The molecule has 0 spiro atoms. The highest BCUT2D eigenvalue weighted by Gasteiger charge is 2.26. The third kappa shape index (κ3) is 4.73. The van der Waals surface area contributed by atoms with Gasteiger partial charge in [-0.25, -0.2) is 15.0 Å². The SMILES string of the molecule is CCNC(=O)CNC(=O)Nc1sc(N2C=CCN2)c(C)c1C(=O)OCC. The molecule has 3 amide bonds. The van der Waals surface area contributed by atoms with Gasteiger partial charge in [-0.2, -0.15) is 0 Å². The van der Waals surface area contributed by atoms with Crippen molar-refractivity contribution in [3.63, 3.8) is 0 Å². The van der Waals surface area contributed by atoms with E-state index in [1.807, 2.05) is 12.3 Å². The quantitative estimate of drug-likeness (QED) is 0.530. The van der Waals surface area contributed by atoms with Crippen LogP contribution in [0.4, 0.5) is 14.8 Å². The van der Waals surface area contributed by atoms with Gasteiger partial charge in [0.05, 0.1) is 18.7 Å². The van der Waals surface area contributed by atoms with Crippen molar-refractivity contribution in [2.45, 2.75) is 20.8 Å². The van der Waals surface area contributed by atoms with Crippen molar-refractivity contribution in [2.75, 3.05) is 36.6 Å². The van der Waals surface area contributed by atoms with Crippen LogP contribution >= 0.6 is 11.3 Å². The van der Waals surface area contributed by atoms with E-state index in [-0.39, 0.29) is 19.1 Å². The van der Waals surface area contributed by atoms with Crippen LogP contribution in [-0.2, 0) is 9.53 Å². The molecule has 0 saturated heterocycles. The van der Waals surface area contributed by atoms with Crippen molar-refractivity contribution in [1.29, 1.82) is 0 Å². The smallest absolute Gasteiger partial charge is 0.341 e. The zero-order valence-corrected chi connectivity index (χ0v) is 15.8. The van der Waals surface area contributed by atoms with Gasteiger partial charge in [0, 0.05) is 24.9 Å². The van der Waals surface area contributed by atoms with Crippen LogP contribution in [0.15, 0.2) is 12.3 Å². The Labute approximate surface area is 155 Å². The fourth-order valence-electron chi connectivity index (χ4n) is 2.34. The topological polar surface area (TPSA) is 112 Å². The van der Waals surface area contributed by atoms with E-state index in [9.17, 15) is 14.4 Å². The van der Waals surface area contributed by atoms with Crippen LogP contribution in [0.1, 0.15) is 29.8 Å². The summed E-state index contributed by atoms with van der Waals surface area (Å²) in [6, 6.07) is -0.570. The number of likely N-dealkylation sites (N-methyl/N-ethyl adjacent to an activating group) is 1. The molecule has 10 heteroatoms. The first-order valence-corrected chi connectivity index (χ1v) is 9.11. The van der Waals surface area contributed by atoms with E-state index >= 15 is 0 Å². The lowest BCUT2D eigenvalue weighted by atomic mass is 10.2. The predicted molar refractivity (Wildman–Crippen MR) is 100 cm³/mol. The summed E-state index contributed by atoms with van der Waals surface area (Å²) in [4.78, 5) is 35.9. The number of hydrogen-bond acceptors (Lipinski definition) is 7. The predicted octanol–water partition coefficient (Wildman–Crippen LogP) is 1.33. The normalized spacial score (nSPS) is 12.8. The molecule has 26 heavy (non-hydrogen) atoms. The molecule has 4 N–H and O–H groups in total. The number of carbonyl (C=O) groups excluding carboxylic acids is 3. The summed E-state index contributed by atoms with van der Waals surface area (Å²) in [6.45, 7) is 6.55. The molecular weight excluding hydrogens is 358 g/mol. The number of hydrazine groups is 1. The van der Waals surface area contributed by atoms with Gasteiger partial charge in [0.1, 0.15) is 10.0 Å². The third-order valence-electron chi connectivity index (χ3n) is 3.46. The zero-order valence-electron chi connectivity index (χ0n) is 15.0. The molecule has 0 unspecified atom stereocenters. The number of carbonyl (C=O) groups is 3. The van der Waals surface area contributed by atoms with Gasteiger partial charge in [0.15, 0.2) is 0 Å². The Morgan fingerprint density at radius 3 is 2.69 bits per heavy atom. The van der Waals surface area contributed by atoms with Gasteiger partial charge in [-0.1, -0.05) is 17.4 Å². The van der Waals surface area contributed by atoms with E-state index in [0.717, 1.165) is 5.00 Å². The highest BCUT2D eigenvalue weighted by atomic mass is 32.1. The Morgan fingerprint density at radius 2 is 2.08 bits per heavy atom. The van der Waals surface area contributed by atoms with E-state index in [0.29, 0.717) is 29.2 Å². The molecule has 2 rings (SSSR count). The molecule has 0 aliphatic carbocycles. The van der Waals surface area contributed by atoms with E-state index in [4.69, 9.17) is 4.74 Å². The van der Waals surface area contributed by atoms with Crippen molar-refractivity contribution in [3.05, 3.63) is 23.4 Å². The Morgan fingerprint density at radius 1 is 1.31 bits per heavy atom. The lowest BCUT2D eigenvalue weighted by Crippen LogP contribution is -2.38. The van der Waals surface area contributed by atoms with Gasteiger partial charge in [-0.05, 0) is 20.8 Å². The van der Waals surface area contributed by atoms with Crippen LogP contribution in [-0.4, -0.2) is 44.1 Å². The fraction of sp³-hybridized carbons (Fsp3) is 0.438. The molecule has 2 heterocycles. The Balaban J connectivity index is 2.18. The molecule has 0 aromatic carbocycles. The van der Waals surface area contributed by atoms with Gasteiger partial charge >= 0.3 is 12.0 Å². The van der Waals surface area contributed by atoms with Crippen molar-refractivity contribution in [1.82, 2.24) is 16.1 Å². The second-order valence-corrected chi connectivity index (χ2v) is 6.33. The van der Waals surface area contributed by atoms with Crippen molar-refractivity contribution < 1.29 is 19.1 Å². The minimum atomic E-state index is -0.570. The first-order valence-electron chi connectivity index (χ1n) is 8.29. The van der Waals surface area contributed by atoms with Crippen LogP contribution in [0, 0.1) is 6.92 Å². The summed E-state index contributed by atoms with van der Waals surface area (Å²) in [7, 11) is 0. The minimum absolute atomic E-state index is 0.151. The Bertz CT molecular complexity index is 716. The van der Waals surface area contributed by atoms with Gasteiger partial charge in [0.2, 0.25) is 5.91 Å². The summed E-state index contributed by atoms with van der Waals surface area (Å²) in [5.41, 5.74) is 4.14. The van der Waals surface area contributed by atoms with Crippen LogP contribution in [0.25, 0.3) is 0 Å². The van der Waals surface area contributed by atoms with Crippen molar-refractivity contribution in [2.24, 2.45) is 0 Å². The second-order valence-electron chi connectivity index (χ2n) is 5.34. The molecule has 1 aromatic heterocycles. The van der Waals surface area contributed by atoms with Crippen LogP contribution in [0.5, 0.6) is 0 Å².